The SMILES string of the molecule is CC(O[C@@H]1OC2C(CO)[C@H](O)C(O)C21O)C(N)=O. The van der Waals surface area contributed by atoms with Crippen LogP contribution in [0.5, 0.6) is 0 Å². The van der Waals surface area contributed by atoms with Gasteiger partial charge in [-0.2, -0.15) is 0 Å². The molecule has 2 fully saturated rings. The molecule has 0 aromatic heterocycles. The van der Waals surface area contributed by atoms with Crippen LogP contribution in [0, 0.1) is 5.92 Å². The molecule has 2 rings (SSSR count). The van der Waals surface area contributed by atoms with Crippen molar-refractivity contribution in [3.05, 3.63) is 0 Å². The van der Waals surface area contributed by atoms with Gasteiger partial charge in [0.25, 0.3) is 0 Å². The predicted molar refractivity (Wildman–Crippen MR) is 55.9 cm³/mol. The number of rotatable bonds is 4. The van der Waals surface area contributed by atoms with E-state index in [-0.39, 0.29) is 0 Å². The summed E-state index contributed by atoms with van der Waals surface area (Å²) in [6.45, 7) is 0.937. The van der Waals surface area contributed by atoms with E-state index in [0.29, 0.717) is 0 Å². The Morgan fingerprint density at radius 2 is 2.17 bits per heavy atom. The first-order chi connectivity index (χ1) is 8.33. The van der Waals surface area contributed by atoms with E-state index in [9.17, 15) is 20.1 Å². The molecular formula is C10H17NO7. The van der Waals surface area contributed by atoms with Crippen molar-refractivity contribution in [3.8, 4) is 0 Å². The van der Waals surface area contributed by atoms with Gasteiger partial charge in [-0.1, -0.05) is 0 Å². The number of ether oxygens (including phenoxy) is 2. The van der Waals surface area contributed by atoms with Crippen LogP contribution in [0.15, 0.2) is 0 Å². The zero-order chi connectivity index (χ0) is 13.7. The Morgan fingerprint density at radius 1 is 1.56 bits per heavy atom. The van der Waals surface area contributed by atoms with Crippen molar-refractivity contribution in [1.82, 2.24) is 0 Å². The molecule has 8 nitrogen and oxygen atoms in total. The summed E-state index contributed by atoms with van der Waals surface area (Å²) in [5, 5.41) is 38.8. The van der Waals surface area contributed by atoms with Crippen LogP contribution in [-0.4, -0.2) is 69.2 Å². The minimum Gasteiger partial charge on any atom is -0.396 e. The van der Waals surface area contributed by atoms with E-state index in [2.05, 4.69) is 0 Å². The maximum Gasteiger partial charge on any atom is 0.246 e. The number of aliphatic hydroxyl groups excluding tert-OH is 3. The van der Waals surface area contributed by atoms with Gasteiger partial charge in [0.15, 0.2) is 11.9 Å². The van der Waals surface area contributed by atoms with Gasteiger partial charge in [-0.25, -0.2) is 0 Å². The Hall–Kier alpha value is -0.770. The molecule has 0 bridgehead atoms. The van der Waals surface area contributed by atoms with E-state index < -0.39 is 54.7 Å². The highest BCUT2D eigenvalue weighted by Gasteiger charge is 2.72. The highest BCUT2D eigenvalue weighted by Crippen LogP contribution is 2.49. The first kappa shape index (κ1) is 13.7. The smallest absolute Gasteiger partial charge is 0.246 e. The average Bonchev–Trinajstić information content (AvgIpc) is 2.47. The molecule has 2 aliphatic rings. The van der Waals surface area contributed by atoms with Crippen molar-refractivity contribution in [2.24, 2.45) is 11.7 Å². The van der Waals surface area contributed by atoms with Gasteiger partial charge < -0.3 is 35.6 Å². The normalized spacial score (nSPS) is 48.4. The molecule has 104 valence electrons. The zero-order valence-electron chi connectivity index (χ0n) is 9.76. The topological polar surface area (TPSA) is 142 Å². The molecule has 1 aliphatic carbocycles. The van der Waals surface area contributed by atoms with Gasteiger partial charge in [-0.05, 0) is 6.92 Å². The molecule has 0 aromatic carbocycles. The lowest BCUT2D eigenvalue weighted by Crippen LogP contribution is -2.70. The molecule has 1 saturated carbocycles. The molecule has 0 aromatic rings. The lowest BCUT2D eigenvalue weighted by Gasteiger charge is -2.50. The largest absolute Gasteiger partial charge is 0.396 e. The van der Waals surface area contributed by atoms with E-state index in [1.165, 1.54) is 6.92 Å². The maximum atomic E-state index is 10.8. The third-order valence-electron chi connectivity index (χ3n) is 3.67. The monoisotopic (exact) mass is 263 g/mol. The highest BCUT2D eigenvalue weighted by molar-refractivity contribution is 5.78. The number of aliphatic hydroxyl groups is 4. The van der Waals surface area contributed by atoms with E-state index in [1.807, 2.05) is 0 Å². The molecule has 1 heterocycles. The first-order valence-corrected chi connectivity index (χ1v) is 5.63. The van der Waals surface area contributed by atoms with Crippen LogP contribution in [-0.2, 0) is 14.3 Å². The number of carbonyl (C=O) groups excluding carboxylic acids is 1. The molecular weight excluding hydrogens is 246 g/mol. The second kappa shape index (κ2) is 4.41. The molecule has 18 heavy (non-hydrogen) atoms. The molecule has 0 spiro atoms. The third kappa shape index (κ3) is 1.65. The van der Waals surface area contributed by atoms with Crippen LogP contribution < -0.4 is 5.73 Å². The standard InChI is InChI=1S/C10H17NO7/c1-3(8(11)15)17-9-10(16)6(14)5(13)4(2-12)7(10)18-9/h3-7,9,12-14,16H,2H2,1H3,(H2,11,15)/t3?,4?,5-,6?,7?,9+,10?/m0/s1. The number of nitrogens with two attached hydrogens (primary N) is 1. The lowest BCUT2D eigenvalue weighted by atomic mass is 9.88. The van der Waals surface area contributed by atoms with Crippen LogP contribution in [0.2, 0.25) is 0 Å². The molecule has 5 unspecified atom stereocenters. The van der Waals surface area contributed by atoms with Crippen molar-refractivity contribution in [2.45, 2.75) is 43.2 Å². The van der Waals surface area contributed by atoms with E-state index in [1.54, 1.807) is 0 Å². The van der Waals surface area contributed by atoms with Gasteiger partial charge in [-0.15, -0.1) is 0 Å². The van der Waals surface area contributed by atoms with Gasteiger partial charge in [0, 0.05) is 5.92 Å². The number of fused-ring (bicyclic) bond motifs is 1. The van der Waals surface area contributed by atoms with Crippen molar-refractivity contribution in [1.29, 1.82) is 0 Å². The number of carbonyl (C=O) groups is 1. The fourth-order valence-electron chi connectivity index (χ4n) is 2.45. The number of hydrogen-bond acceptors (Lipinski definition) is 7. The van der Waals surface area contributed by atoms with E-state index in [4.69, 9.17) is 20.3 Å². The number of primary amides is 1. The van der Waals surface area contributed by atoms with E-state index >= 15 is 0 Å². The Bertz CT molecular complexity index is 351. The summed E-state index contributed by atoms with van der Waals surface area (Å²) < 4.78 is 10.2. The summed E-state index contributed by atoms with van der Waals surface area (Å²) in [6.07, 6.45) is -6.03. The summed E-state index contributed by atoms with van der Waals surface area (Å²) in [7, 11) is 0. The minimum atomic E-state index is -1.84. The van der Waals surface area contributed by atoms with Gasteiger partial charge in [0.05, 0.1) is 12.7 Å². The van der Waals surface area contributed by atoms with E-state index in [0.717, 1.165) is 0 Å². The zero-order valence-corrected chi connectivity index (χ0v) is 9.76. The second-order valence-corrected chi connectivity index (χ2v) is 4.74. The summed E-state index contributed by atoms with van der Waals surface area (Å²) in [5.41, 5.74) is 3.17. The van der Waals surface area contributed by atoms with Crippen LogP contribution in [0.4, 0.5) is 0 Å². The highest BCUT2D eigenvalue weighted by atomic mass is 16.7. The molecule has 6 N–H and O–H groups in total. The Labute approximate surface area is 103 Å². The molecule has 1 amide bonds. The van der Waals surface area contributed by atoms with Gasteiger partial charge in [0.2, 0.25) is 5.91 Å². The Morgan fingerprint density at radius 3 is 2.67 bits per heavy atom. The molecule has 8 heteroatoms. The van der Waals surface area contributed by atoms with Crippen molar-refractivity contribution >= 4 is 5.91 Å². The molecule has 1 saturated heterocycles. The van der Waals surface area contributed by atoms with Crippen molar-refractivity contribution in [3.63, 3.8) is 0 Å². The van der Waals surface area contributed by atoms with Gasteiger partial charge in [0.1, 0.15) is 18.3 Å². The summed E-state index contributed by atoms with van der Waals surface area (Å²) in [4.78, 5) is 10.8. The predicted octanol–water partition coefficient (Wildman–Crippen LogP) is -3.32. The number of hydrogen-bond donors (Lipinski definition) is 5. The van der Waals surface area contributed by atoms with Crippen LogP contribution in [0.25, 0.3) is 0 Å². The summed E-state index contributed by atoms with van der Waals surface area (Å²) in [6, 6.07) is 0. The maximum absolute atomic E-state index is 10.8. The minimum absolute atomic E-state index is 0.441. The Kier molecular flexibility index (Phi) is 3.34. The van der Waals surface area contributed by atoms with Crippen molar-refractivity contribution in [2.75, 3.05) is 6.61 Å². The fourth-order valence-corrected chi connectivity index (χ4v) is 2.45. The van der Waals surface area contributed by atoms with Crippen molar-refractivity contribution < 1.29 is 34.7 Å². The third-order valence-corrected chi connectivity index (χ3v) is 3.67. The Balaban J connectivity index is 2.10. The number of amides is 1. The van der Waals surface area contributed by atoms with Crippen LogP contribution in [0.3, 0.4) is 0 Å². The van der Waals surface area contributed by atoms with Crippen LogP contribution >= 0.6 is 0 Å². The van der Waals surface area contributed by atoms with Crippen LogP contribution in [0.1, 0.15) is 6.92 Å². The summed E-state index contributed by atoms with van der Waals surface area (Å²) >= 11 is 0. The second-order valence-electron chi connectivity index (χ2n) is 4.74. The molecule has 0 radical (unpaired) electrons. The summed E-state index contributed by atoms with van der Waals surface area (Å²) in [5.74, 6) is -1.54. The van der Waals surface area contributed by atoms with Gasteiger partial charge >= 0.3 is 0 Å². The fraction of sp³-hybridized carbons (Fsp3) is 0.900. The average molecular weight is 263 g/mol. The lowest BCUT2D eigenvalue weighted by molar-refractivity contribution is -0.392. The molecule has 1 aliphatic heterocycles. The molecule has 7 atom stereocenters. The quantitative estimate of drug-likeness (QED) is 0.357. The first-order valence-electron chi connectivity index (χ1n) is 5.63. The van der Waals surface area contributed by atoms with Gasteiger partial charge in [-0.3, -0.25) is 4.79 Å².